The summed E-state index contributed by atoms with van der Waals surface area (Å²) in [5, 5.41) is 0. The van der Waals surface area contributed by atoms with Gasteiger partial charge in [0.1, 0.15) is 0 Å². The van der Waals surface area contributed by atoms with Crippen LogP contribution in [0.4, 0.5) is 12.9 Å². The Labute approximate surface area is 89.1 Å². The molecule has 0 aromatic rings. The average Bonchev–Trinajstić information content (AvgIpc) is 2.12. The topological polar surface area (TPSA) is 12.5 Å². The zero-order chi connectivity index (χ0) is 12.1. The molecule has 0 saturated heterocycles. The molecule has 0 aromatic carbocycles. The molecule has 1 atom stereocenters. The second kappa shape index (κ2) is 6.17. The van der Waals surface area contributed by atoms with Crippen LogP contribution in [0, 0.1) is 0 Å². The van der Waals surface area contributed by atoms with Crippen LogP contribution < -0.4 is 0 Å². The summed E-state index contributed by atoms with van der Waals surface area (Å²) in [5.74, 6) is 0. The Morgan fingerprint density at radius 1 is 1.47 bits per heavy atom. The van der Waals surface area contributed by atoms with Crippen LogP contribution in [0.5, 0.6) is 0 Å². The molecule has 0 saturated carbocycles. The van der Waals surface area contributed by atoms with Crippen molar-refractivity contribution in [3.63, 3.8) is 0 Å². The van der Waals surface area contributed by atoms with Crippen molar-refractivity contribution in [2.24, 2.45) is 0 Å². The van der Waals surface area contributed by atoms with Crippen molar-refractivity contribution in [1.82, 2.24) is 4.90 Å². The molecule has 0 radical (unpaired) electrons. The molecule has 15 heavy (non-hydrogen) atoms. The van der Waals surface area contributed by atoms with Gasteiger partial charge in [-0.15, -0.1) is 12.1 Å². The molecule has 6 heteroatoms. The Balaban J connectivity index is 4.27. The van der Waals surface area contributed by atoms with E-state index in [9.17, 15) is 12.9 Å². The second-order valence-corrected chi connectivity index (χ2v) is 3.60. The zero-order valence-corrected chi connectivity index (χ0v) is 9.47. The maximum absolute atomic E-state index is 12.3. The molecule has 90 valence electrons. The molecular formula is C9H18BF3NO-. The van der Waals surface area contributed by atoms with Crippen molar-refractivity contribution in [2.45, 2.75) is 19.9 Å². The molecule has 0 aromatic heterocycles. The largest absolute Gasteiger partial charge is 0.506 e. The lowest BCUT2D eigenvalue weighted by molar-refractivity contribution is 0.109. The van der Waals surface area contributed by atoms with Crippen LogP contribution in [0.2, 0.25) is 0 Å². The lowest BCUT2D eigenvalue weighted by atomic mass is 9.80. The standard InChI is InChI=1S/C9H18BF3NO/c1-5-14(9(3)7-15-4)6-8(2)10(11,12)13/h9H,2,5-7H2,1,3-4H3/q-1. The van der Waals surface area contributed by atoms with Crippen molar-refractivity contribution in [3.8, 4) is 0 Å². The van der Waals surface area contributed by atoms with Crippen molar-refractivity contribution < 1.29 is 17.7 Å². The minimum atomic E-state index is -4.93. The molecule has 0 aliphatic heterocycles. The highest BCUT2D eigenvalue weighted by atomic mass is 19.4. The van der Waals surface area contributed by atoms with Gasteiger partial charge in [0, 0.05) is 13.2 Å². The highest BCUT2D eigenvalue weighted by Gasteiger charge is 2.28. The maximum atomic E-state index is 12.3. The van der Waals surface area contributed by atoms with Gasteiger partial charge in [-0.1, -0.05) is 6.92 Å². The van der Waals surface area contributed by atoms with Crippen LogP contribution in [0.1, 0.15) is 13.8 Å². The van der Waals surface area contributed by atoms with E-state index in [2.05, 4.69) is 6.58 Å². The van der Waals surface area contributed by atoms with Crippen LogP contribution in [0.25, 0.3) is 0 Å². The molecule has 0 fully saturated rings. The van der Waals surface area contributed by atoms with Gasteiger partial charge in [0.2, 0.25) is 0 Å². The third kappa shape index (κ3) is 5.23. The highest BCUT2D eigenvalue weighted by Crippen LogP contribution is 2.19. The molecule has 0 N–H and O–H groups in total. The van der Waals surface area contributed by atoms with E-state index in [4.69, 9.17) is 4.74 Å². The molecule has 0 rings (SSSR count). The summed E-state index contributed by atoms with van der Waals surface area (Å²) in [6, 6.07) is -0.0325. The average molecular weight is 224 g/mol. The van der Waals surface area contributed by atoms with E-state index in [1.807, 2.05) is 13.8 Å². The van der Waals surface area contributed by atoms with Gasteiger partial charge in [0.15, 0.2) is 0 Å². The number of nitrogens with zero attached hydrogens (tertiary/aromatic N) is 1. The fourth-order valence-electron chi connectivity index (χ4n) is 1.29. The minimum absolute atomic E-state index is 0.0325. The van der Waals surface area contributed by atoms with Gasteiger partial charge in [-0.25, -0.2) is 0 Å². The summed E-state index contributed by atoms with van der Waals surface area (Å²) in [6.07, 6.45) is 0. The first-order valence-electron chi connectivity index (χ1n) is 4.93. The number of ether oxygens (including phenoxy) is 1. The van der Waals surface area contributed by atoms with Gasteiger partial charge < -0.3 is 17.7 Å². The van der Waals surface area contributed by atoms with Gasteiger partial charge in [0.05, 0.1) is 6.61 Å². The smallest absolute Gasteiger partial charge is 0.445 e. The molecule has 0 amide bonds. The van der Waals surface area contributed by atoms with Crippen molar-refractivity contribution in [3.05, 3.63) is 12.1 Å². The number of likely N-dealkylation sites (N-methyl/N-ethyl adjacent to an activating group) is 1. The van der Waals surface area contributed by atoms with Crippen LogP contribution in [-0.2, 0) is 4.74 Å². The Hall–Kier alpha value is -0.485. The molecule has 2 nitrogen and oxygen atoms in total. The van der Waals surface area contributed by atoms with Crippen LogP contribution >= 0.6 is 0 Å². The van der Waals surface area contributed by atoms with Gasteiger partial charge in [-0.05, 0) is 20.0 Å². The molecule has 0 aliphatic carbocycles. The third-order valence-electron chi connectivity index (χ3n) is 2.31. The van der Waals surface area contributed by atoms with Gasteiger partial charge in [-0.2, -0.15) is 0 Å². The number of halogens is 3. The summed E-state index contributed by atoms with van der Waals surface area (Å²) in [7, 11) is 1.53. The van der Waals surface area contributed by atoms with Gasteiger partial charge in [-0.3, -0.25) is 4.90 Å². The maximum Gasteiger partial charge on any atom is 0.506 e. The van der Waals surface area contributed by atoms with E-state index >= 15 is 0 Å². The zero-order valence-electron chi connectivity index (χ0n) is 9.47. The molecule has 0 aliphatic rings. The molecule has 0 spiro atoms. The molecular weight excluding hydrogens is 206 g/mol. The van der Waals surface area contributed by atoms with E-state index in [1.165, 1.54) is 7.11 Å². The monoisotopic (exact) mass is 224 g/mol. The normalized spacial score (nSPS) is 14.3. The van der Waals surface area contributed by atoms with E-state index < -0.39 is 12.4 Å². The Morgan fingerprint density at radius 3 is 2.33 bits per heavy atom. The predicted octanol–water partition coefficient (Wildman–Crippen LogP) is 2.29. The highest BCUT2D eigenvalue weighted by molar-refractivity contribution is 6.66. The molecule has 0 bridgehead atoms. The first-order valence-corrected chi connectivity index (χ1v) is 4.93. The summed E-state index contributed by atoms with van der Waals surface area (Å²) in [6.45, 7) is 2.65. The summed E-state index contributed by atoms with van der Waals surface area (Å²) in [5.41, 5.74) is -0.653. The van der Waals surface area contributed by atoms with Crippen molar-refractivity contribution >= 4 is 6.98 Å². The molecule has 0 heterocycles. The van der Waals surface area contributed by atoms with Crippen molar-refractivity contribution in [2.75, 3.05) is 26.8 Å². The first-order chi connectivity index (χ1) is 6.82. The lowest BCUT2D eigenvalue weighted by Crippen LogP contribution is -2.40. The quantitative estimate of drug-likeness (QED) is 0.615. The summed E-state index contributed by atoms with van der Waals surface area (Å²) >= 11 is 0. The summed E-state index contributed by atoms with van der Waals surface area (Å²) in [4.78, 5) is 1.70. The minimum Gasteiger partial charge on any atom is -0.445 e. The Bertz CT molecular complexity index is 208. The van der Waals surface area contributed by atoms with E-state index in [0.717, 1.165) is 0 Å². The van der Waals surface area contributed by atoms with Crippen molar-refractivity contribution in [1.29, 1.82) is 0 Å². The molecule has 1 unspecified atom stereocenters. The number of methoxy groups -OCH3 is 1. The fourth-order valence-corrected chi connectivity index (χ4v) is 1.29. The third-order valence-corrected chi connectivity index (χ3v) is 2.31. The Morgan fingerprint density at radius 2 is 2.00 bits per heavy atom. The SMILES string of the molecule is C=C(CN(CC)C(C)COC)[B-](F)(F)F. The van der Waals surface area contributed by atoms with E-state index in [0.29, 0.717) is 13.2 Å². The predicted molar refractivity (Wildman–Crippen MR) is 56.8 cm³/mol. The Kier molecular flexibility index (Phi) is 5.98. The van der Waals surface area contributed by atoms with Crippen LogP contribution in [0.15, 0.2) is 12.1 Å². The summed E-state index contributed by atoms with van der Waals surface area (Å²) < 4.78 is 41.8. The van der Waals surface area contributed by atoms with Gasteiger partial charge >= 0.3 is 6.98 Å². The van der Waals surface area contributed by atoms with Gasteiger partial charge in [0.25, 0.3) is 0 Å². The van der Waals surface area contributed by atoms with E-state index in [1.54, 1.807) is 4.90 Å². The van der Waals surface area contributed by atoms with Crippen LogP contribution in [0.3, 0.4) is 0 Å². The second-order valence-electron chi connectivity index (χ2n) is 3.60. The lowest BCUT2D eigenvalue weighted by Gasteiger charge is -2.31. The number of hydrogen-bond donors (Lipinski definition) is 0. The number of hydrogen-bond acceptors (Lipinski definition) is 2. The fraction of sp³-hybridized carbons (Fsp3) is 0.778. The first kappa shape index (κ1) is 14.5. The van der Waals surface area contributed by atoms with E-state index in [-0.39, 0.29) is 12.6 Å². The number of rotatable bonds is 7. The van der Waals surface area contributed by atoms with Crippen LogP contribution in [-0.4, -0.2) is 44.7 Å².